The third kappa shape index (κ3) is 3.06. The van der Waals surface area contributed by atoms with Gasteiger partial charge in [-0.05, 0) is 55.4 Å². The number of carboxylic acid groups (broad SMARTS) is 1. The number of ether oxygens (including phenoxy) is 1. The minimum Gasteiger partial charge on any atom is -0.497 e. The summed E-state index contributed by atoms with van der Waals surface area (Å²) in [5, 5.41) is 12.9. The topological polar surface area (TPSA) is 58.6 Å². The molecule has 1 aliphatic rings. The van der Waals surface area contributed by atoms with Gasteiger partial charge in [0, 0.05) is 5.69 Å². The van der Waals surface area contributed by atoms with Gasteiger partial charge < -0.3 is 15.2 Å². The van der Waals surface area contributed by atoms with Crippen molar-refractivity contribution in [3.8, 4) is 5.75 Å². The zero-order chi connectivity index (χ0) is 14.8. The van der Waals surface area contributed by atoms with Crippen LogP contribution in [0.25, 0.3) is 0 Å². The van der Waals surface area contributed by atoms with Crippen molar-refractivity contribution < 1.29 is 14.6 Å². The molecule has 1 unspecified atom stereocenters. The Hall–Kier alpha value is -1.71. The lowest BCUT2D eigenvalue weighted by atomic mass is 9.68. The van der Waals surface area contributed by atoms with Gasteiger partial charge in [-0.15, -0.1) is 0 Å². The van der Waals surface area contributed by atoms with Gasteiger partial charge in [-0.2, -0.15) is 0 Å². The van der Waals surface area contributed by atoms with Crippen molar-refractivity contribution >= 4 is 11.7 Å². The Morgan fingerprint density at radius 3 is 2.40 bits per heavy atom. The molecule has 2 N–H and O–H groups in total. The van der Waals surface area contributed by atoms with Crippen molar-refractivity contribution in [1.82, 2.24) is 0 Å². The van der Waals surface area contributed by atoms with Gasteiger partial charge in [0.2, 0.25) is 0 Å². The van der Waals surface area contributed by atoms with Gasteiger partial charge in [0.15, 0.2) is 0 Å². The van der Waals surface area contributed by atoms with Crippen LogP contribution in [-0.2, 0) is 4.79 Å². The SMILES string of the molecule is COc1ccc(NC2(C(=O)O)CCCC(C)(C)C2)cc1. The smallest absolute Gasteiger partial charge is 0.329 e. The largest absolute Gasteiger partial charge is 0.497 e. The fraction of sp³-hybridized carbons (Fsp3) is 0.562. The number of rotatable bonds is 4. The van der Waals surface area contributed by atoms with Gasteiger partial charge in [-0.1, -0.05) is 13.8 Å². The van der Waals surface area contributed by atoms with Crippen LogP contribution in [0.1, 0.15) is 39.5 Å². The molecule has 20 heavy (non-hydrogen) atoms. The predicted molar refractivity (Wildman–Crippen MR) is 79.2 cm³/mol. The lowest BCUT2D eigenvalue weighted by molar-refractivity contribution is -0.145. The first kappa shape index (κ1) is 14.7. The monoisotopic (exact) mass is 277 g/mol. The van der Waals surface area contributed by atoms with Crippen molar-refractivity contribution in [2.75, 3.05) is 12.4 Å². The highest BCUT2D eigenvalue weighted by atomic mass is 16.5. The lowest BCUT2D eigenvalue weighted by Crippen LogP contribution is -2.51. The fourth-order valence-electron chi connectivity index (χ4n) is 3.16. The van der Waals surface area contributed by atoms with E-state index in [0.717, 1.165) is 24.3 Å². The minimum atomic E-state index is -0.865. The van der Waals surface area contributed by atoms with Crippen LogP contribution in [-0.4, -0.2) is 23.7 Å². The third-order valence-electron chi connectivity index (χ3n) is 4.12. The molecule has 110 valence electrons. The molecule has 4 nitrogen and oxygen atoms in total. The van der Waals surface area contributed by atoms with Crippen molar-refractivity contribution in [1.29, 1.82) is 0 Å². The molecule has 1 aromatic rings. The highest BCUT2D eigenvalue weighted by Crippen LogP contribution is 2.42. The van der Waals surface area contributed by atoms with Crippen LogP contribution in [0.4, 0.5) is 5.69 Å². The van der Waals surface area contributed by atoms with Gasteiger partial charge in [0.05, 0.1) is 7.11 Å². The first-order valence-electron chi connectivity index (χ1n) is 7.03. The number of methoxy groups -OCH3 is 1. The third-order valence-corrected chi connectivity index (χ3v) is 4.12. The van der Waals surface area contributed by atoms with Crippen LogP contribution in [0, 0.1) is 5.41 Å². The standard InChI is InChI=1S/C16H23NO3/c1-15(2)9-4-10-16(11-15,14(18)19)17-12-5-7-13(20-3)8-6-12/h5-8,17H,4,9-11H2,1-3H3,(H,18,19). The maximum Gasteiger partial charge on any atom is 0.329 e. The molecule has 1 atom stereocenters. The van der Waals surface area contributed by atoms with Gasteiger partial charge in [0.1, 0.15) is 11.3 Å². The van der Waals surface area contributed by atoms with Crippen molar-refractivity contribution in [2.45, 2.75) is 45.1 Å². The molecule has 0 bridgehead atoms. The number of nitrogens with one attached hydrogen (secondary N) is 1. The summed E-state index contributed by atoms with van der Waals surface area (Å²) in [5.74, 6) is 0.00462. The Balaban J connectivity index is 2.22. The zero-order valence-corrected chi connectivity index (χ0v) is 12.4. The number of carboxylic acids is 1. The second kappa shape index (κ2) is 5.35. The first-order valence-corrected chi connectivity index (χ1v) is 7.03. The Kier molecular flexibility index (Phi) is 3.93. The molecule has 0 radical (unpaired) electrons. The van der Waals surface area contributed by atoms with Crippen LogP contribution in [0.15, 0.2) is 24.3 Å². The molecule has 0 spiro atoms. The van der Waals surface area contributed by atoms with Crippen molar-refractivity contribution in [2.24, 2.45) is 5.41 Å². The molecule has 1 aromatic carbocycles. The summed E-state index contributed by atoms with van der Waals surface area (Å²) in [5.41, 5.74) is 0.0119. The summed E-state index contributed by atoms with van der Waals surface area (Å²) >= 11 is 0. The van der Waals surface area contributed by atoms with E-state index >= 15 is 0 Å². The number of anilines is 1. The van der Waals surface area contributed by atoms with E-state index in [2.05, 4.69) is 19.2 Å². The number of benzene rings is 1. The van der Waals surface area contributed by atoms with E-state index in [-0.39, 0.29) is 5.41 Å². The molecule has 1 aliphatic carbocycles. The maximum absolute atomic E-state index is 11.8. The van der Waals surface area contributed by atoms with Gasteiger partial charge in [-0.3, -0.25) is 0 Å². The molecule has 1 fully saturated rings. The van der Waals surface area contributed by atoms with E-state index in [9.17, 15) is 9.90 Å². The number of hydrogen-bond acceptors (Lipinski definition) is 3. The quantitative estimate of drug-likeness (QED) is 0.884. The fourth-order valence-corrected chi connectivity index (χ4v) is 3.16. The number of aliphatic carboxylic acids is 1. The van der Waals surface area contributed by atoms with E-state index in [1.54, 1.807) is 7.11 Å². The van der Waals surface area contributed by atoms with E-state index in [0.29, 0.717) is 12.8 Å². The molecular weight excluding hydrogens is 254 g/mol. The van der Waals surface area contributed by atoms with Crippen molar-refractivity contribution in [3.05, 3.63) is 24.3 Å². The molecule has 0 aliphatic heterocycles. The van der Waals surface area contributed by atoms with Crippen LogP contribution in [0.5, 0.6) is 5.75 Å². The number of carbonyl (C=O) groups is 1. The van der Waals surface area contributed by atoms with E-state index in [1.165, 1.54) is 0 Å². The molecular formula is C16H23NO3. The van der Waals surface area contributed by atoms with Gasteiger partial charge >= 0.3 is 5.97 Å². The van der Waals surface area contributed by atoms with Crippen molar-refractivity contribution in [3.63, 3.8) is 0 Å². The van der Waals surface area contributed by atoms with E-state index < -0.39 is 11.5 Å². The highest BCUT2D eigenvalue weighted by molar-refractivity contribution is 5.83. The lowest BCUT2D eigenvalue weighted by Gasteiger charge is -2.43. The van der Waals surface area contributed by atoms with E-state index in [4.69, 9.17) is 4.74 Å². The summed E-state index contributed by atoms with van der Waals surface area (Å²) in [7, 11) is 1.62. The summed E-state index contributed by atoms with van der Waals surface area (Å²) < 4.78 is 5.12. The predicted octanol–water partition coefficient (Wildman–Crippen LogP) is 3.53. The second-order valence-electron chi connectivity index (χ2n) is 6.44. The molecule has 1 saturated carbocycles. The average molecular weight is 277 g/mol. The molecule has 2 rings (SSSR count). The molecule has 0 saturated heterocycles. The number of hydrogen-bond donors (Lipinski definition) is 2. The Labute approximate surface area is 120 Å². The average Bonchev–Trinajstić information content (AvgIpc) is 2.38. The van der Waals surface area contributed by atoms with Crippen LogP contribution >= 0.6 is 0 Å². The Bertz CT molecular complexity index is 481. The molecule has 0 amide bonds. The maximum atomic E-state index is 11.8. The summed E-state index contributed by atoms with van der Waals surface area (Å²) in [4.78, 5) is 11.8. The summed E-state index contributed by atoms with van der Waals surface area (Å²) in [6.45, 7) is 4.28. The Morgan fingerprint density at radius 2 is 1.90 bits per heavy atom. The van der Waals surface area contributed by atoms with Crippen LogP contribution in [0.2, 0.25) is 0 Å². The van der Waals surface area contributed by atoms with Crippen LogP contribution < -0.4 is 10.1 Å². The normalized spacial score (nSPS) is 24.9. The summed E-state index contributed by atoms with van der Waals surface area (Å²) in [6.07, 6.45) is 3.31. The van der Waals surface area contributed by atoms with Gasteiger partial charge in [0.25, 0.3) is 0 Å². The zero-order valence-electron chi connectivity index (χ0n) is 12.4. The minimum absolute atomic E-state index is 0.0517. The van der Waals surface area contributed by atoms with E-state index in [1.807, 2.05) is 24.3 Å². The summed E-state index contributed by atoms with van der Waals surface area (Å²) in [6, 6.07) is 7.41. The molecule has 0 heterocycles. The van der Waals surface area contributed by atoms with Gasteiger partial charge in [-0.25, -0.2) is 4.79 Å². The molecule has 4 heteroatoms. The first-order chi connectivity index (χ1) is 9.37. The highest BCUT2D eigenvalue weighted by Gasteiger charge is 2.45. The van der Waals surface area contributed by atoms with Crippen LogP contribution in [0.3, 0.4) is 0 Å². The Morgan fingerprint density at radius 1 is 1.25 bits per heavy atom. The molecule has 0 aromatic heterocycles. The second-order valence-corrected chi connectivity index (χ2v) is 6.44.